The molecule has 14 N–H and O–H groups in total. The number of carbonyl (C=O) groups excluding carboxylic acids is 2. The molecule has 2 unspecified atom stereocenters. The van der Waals surface area contributed by atoms with Gasteiger partial charge in [-0.2, -0.15) is 9.97 Å². The fourth-order valence-electron chi connectivity index (χ4n) is 5.51. The summed E-state index contributed by atoms with van der Waals surface area (Å²) >= 11 is 0. The van der Waals surface area contributed by atoms with E-state index in [1.54, 1.807) is 24.3 Å². The number of anilines is 4. The molecule has 4 aromatic heterocycles. The first kappa shape index (κ1) is 49.1. The molecule has 2 amide bonds. The number of aromatic amines is 2. The summed E-state index contributed by atoms with van der Waals surface area (Å²) in [6.07, 6.45) is 1.68. The van der Waals surface area contributed by atoms with Gasteiger partial charge in [0.1, 0.15) is 12.1 Å². The predicted molar refractivity (Wildman–Crippen MR) is 230 cm³/mol. The number of nitrogen functional groups attached to an aromatic ring is 2. The molecular weight excluding hydrogens is 923 g/mol. The van der Waals surface area contributed by atoms with Gasteiger partial charge in [0.25, 0.3) is 22.9 Å². The second-order valence-electron chi connectivity index (χ2n) is 13.4. The van der Waals surface area contributed by atoms with Crippen LogP contribution in [0.4, 0.5) is 23.3 Å². The quantitative estimate of drug-likeness (QED) is 0.0484. The first-order chi connectivity index (χ1) is 30.4. The fourth-order valence-corrected chi connectivity index (χ4v) is 5.51. The average molecular weight is 962 g/mol. The summed E-state index contributed by atoms with van der Waals surface area (Å²) in [5.74, 6) is -6.31. The molecule has 0 aliphatic heterocycles. The van der Waals surface area contributed by atoms with Gasteiger partial charge in [-0.15, -0.1) is 0 Å². The van der Waals surface area contributed by atoms with Gasteiger partial charge in [-0.3, -0.25) is 38.7 Å². The number of carbonyl (C=O) groups is 6. The van der Waals surface area contributed by atoms with Crippen LogP contribution in [0.1, 0.15) is 57.8 Å². The second-order valence-corrected chi connectivity index (χ2v) is 13.4. The third-order valence-electron chi connectivity index (χ3n) is 8.71. The van der Waals surface area contributed by atoms with Crippen molar-refractivity contribution in [1.29, 1.82) is 0 Å². The van der Waals surface area contributed by atoms with Crippen LogP contribution in [0.2, 0.25) is 0 Å². The number of nitrogens with one attached hydrogen (secondary N) is 6. The van der Waals surface area contributed by atoms with Crippen molar-refractivity contribution < 1.29 is 49.2 Å². The normalized spacial score (nSPS) is 11.4. The minimum absolute atomic E-state index is 0. The van der Waals surface area contributed by atoms with Gasteiger partial charge in [-0.1, -0.05) is 0 Å². The van der Waals surface area contributed by atoms with Crippen LogP contribution in [-0.4, -0.2) is 125 Å². The van der Waals surface area contributed by atoms with Gasteiger partial charge in [0, 0.05) is 52.4 Å². The molecule has 4 heterocycles. The van der Waals surface area contributed by atoms with E-state index in [1.807, 2.05) is 0 Å². The van der Waals surface area contributed by atoms with Crippen LogP contribution in [0.3, 0.4) is 0 Å². The van der Waals surface area contributed by atoms with Crippen molar-refractivity contribution in [3.63, 3.8) is 0 Å². The average Bonchev–Trinajstić information content (AvgIpc) is 3.25. The molecule has 0 saturated heterocycles. The van der Waals surface area contributed by atoms with E-state index in [0.717, 1.165) is 0 Å². The number of hydrogen-bond donors (Lipinski definition) is 12. The van der Waals surface area contributed by atoms with Gasteiger partial charge in [0.05, 0.1) is 36.9 Å². The van der Waals surface area contributed by atoms with Crippen LogP contribution in [0.15, 0.2) is 70.5 Å². The van der Waals surface area contributed by atoms with Gasteiger partial charge < -0.3 is 53.2 Å². The Morgan fingerprint density at radius 2 is 0.923 bits per heavy atom. The van der Waals surface area contributed by atoms with Gasteiger partial charge in [0.15, 0.2) is 22.3 Å². The van der Waals surface area contributed by atoms with Gasteiger partial charge in [-0.25, -0.2) is 29.5 Å². The molecule has 0 saturated carbocycles. The summed E-state index contributed by atoms with van der Waals surface area (Å²) in [6.45, 7) is 0.461. The van der Waals surface area contributed by atoms with E-state index in [0.29, 0.717) is 22.8 Å². The Bertz CT molecular complexity index is 2650. The Labute approximate surface area is 374 Å². The summed E-state index contributed by atoms with van der Waals surface area (Å²) in [5.41, 5.74) is 12.9. The maximum atomic E-state index is 12.3. The zero-order valence-electron chi connectivity index (χ0n) is 33.5. The number of H-pyrrole nitrogens is 2. The molecule has 0 aliphatic carbocycles. The molecule has 65 heavy (non-hydrogen) atoms. The Morgan fingerprint density at radius 1 is 0.569 bits per heavy atom. The van der Waals surface area contributed by atoms with Crippen molar-refractivity contribution in [3.05, 3.63) is 104 Å². The first-order valence-corrected chi connectivity index (χ1v) is 18.7. The first-order valence-electron chi connectivity index (χ1n) is 18.7. The van der Waals surface area contributed by atoms with E-state index in [4.69, 9.17) is 31.9 Å². The number of fused-ring (bicyclic) bond motifs is 2. The topological polar surface area (TPSA) is 427 Å². The summed E-state index contributed by atoms with van der Waals surface area (Å²) < 4.78 is 0. The molecule has 0 aliphatic rings. The standard InChI is InChI=1S/2C19H19N7O6.Se/c2*20-19-25-15-14(17(30)26-19)23-11(8-22-15)7-21-10-3-1-9(2-4-10)16(29)24-12(18(31)32)5-6-13(27)28;/h2*1-4,8,12,21H,5-7H2,(H,24,29)(H,27,28)(H,31,32)(H3,20,22,25,26,30);. The molecule has 0 fully saturated rings. The summed E-state index contributed by atoms with van der Waals surface area (Å²) in [7, 11) is 0. The van der Waals surface area contributed by atoms with Crippen molar-refractivity contribution in [3.8, 4) is 0 Å². The number of amides is 2. The van der Waals surface area contributed by atoms with E-state index < -0.39 is 58.9 Å². The largest absolute Gasteiger partial charge is 0.481 e. The molecular formula is C38H38N14O12Se. The van der Waals surface area contributed by atoms with Crippen molar-refractivity contribution in [2.24, 2.45) is 0 Å². The van der Waals surface area contributed by atoms with Crippen LogP contribution in [0.25, 0.3) is 22.3 Å². The molecule has 2 atom stereocenters. The molecule has 6 aromatic rings. The van der Waals surface area contributed by atoms with Gasteiger partial charge >= 0.3 is 23.9 Å². The van der Waals surface area contributed by atoms with Crippen LogP contribution in [0.5, 0.6) is 0 Å². The Kier molecular flexibility index (Phi) is 17.0. The zero-order chi connectivity index (χ0) is 46.5. The number of hydrogen-bond acceptors (Lipinski definition) is 18. The molecule has 2 aromatic carbocycles. The molecule has 2 radical (unpaired) electrons. The maximum absolute atomic E-state index is 12.3. The Balaban J connectivity index is 0.000000280. The monoisotopic (exact) mass is 962 g/mol. The van der Waals surface area contributed by atoms with E-state index in [1.165, 1.54) is 36.7 Å². The third kappa shape index (κ3) is 14.2. The molecule has 27 heteroatoms. The number of nitrogens with two attached hydrogens (primary N) is 2. The molecule has 338 valence electrons. The fraction of sp³-hybridized carbons (Fsp3) is 0.211. The minimum atomic E-state index is -1.31. The van der Waals surface area contributed by atoms with E-state index in [9.17, 15) is 38.4 Å². The van der Waals surface area contributed by atoms with E-state index in [2.05, 4.69) is 61.1 Å². The summed E-state index contributed by atoms with van der Waals surface area (Å²) in [6, 6.07) is 9.73. The number of benzene rings is 2. The molecule has 6 rings (SSSR count). The van der Waals surface area contributed by atoms with Crippen molar-refractivity contribution in [1.82, 2.24) is 50.5 Å². The Morgan fingerprint density at radius 3 is 1.25 bits per heavy atom. The van der Waals surface area contributed by atoms with Gasteiger partial charge in [0.2, 0.25) is 11.9 Å². The van der Waals surface area contributed by atoms with E-state index in [-0.39, 0.29) is 101 Å². The molecule has 0 bridgehead atoms. The number of rotatable bonds is 18. The van der Waals surface area contributed by atoms with E-state index >= 15 is 0 Å². The Hall–Kier alpha value is -8.58. The van der Waals surface area contributed by atoms with Crippen LogP contribution in [-0.2, 0) is 32.3 Å². The van der Waals surface area contributed by atoms with Gasteiger partial charge in [-0.05, 0) is 61.4 Å². The number of nitrogens with zero attached hydrogens (tertiary/aromatic N) is 6. The zero-order valence-corrected chi connectivity index (χ0v) is 35.2. The van der Waals surface area contributed by atoms with Crippen molar-refractivity contribution >= 4 is 98.4 Å². The van der Waals surface area contributed by atoms with Crippen molar-refractivity contribution in [2.75, 3.05) is 22.1 Å². The third-order valence-corrected chi connectivity index (χ3v) is 8.71. The van der Waals surface area contributed by atoms with Crippen molar-refractivity contribution in [2.45, 2.75) is 50.9 Å². The second kappa shape index (κ2) is 22.5. The number of carboxylic acid groups (broad SMARTS) is 4. The number of aromatic nitrogens is 8. The van der Waals surface area contributed by atoms with Crippen LogP contribution in [0, 0.1) is 0 Å². The summed E-state index contributed by atoms with van der Waals surface area (Å²) in [4.78, 5) is 121. The summed E-state index contributed by atoms with van der Waals surface area (Å²) in [5, 5.41) is 46.4. The maximum Gasteiger partial charge on any atom is 0.326 e. The minimum Gasteiger partial charge on any atom is -0.481 e. The SMILES string of the molecule is Nc1nc2ncc(CNc3ccc(C(=O)NC(CCC(=O)O)C(=O)O)cc3)nc2c(=O)[nH]1.Nc1nc2ncc(CNc3ccc(C(=O)NC(CCC(=O)O)C(=O)O)cc3)nc2c(=O)[nH]1.[Se]. The smallest absolute Gasteiger partial charge is 0.326 e. The molecule has 26 nitrogen and oxygen atoms in total. The number of carboxylic acids is 4. The molecule has 0 spiro atoms. The number of aliphatic carboxylic acids is 4. The predicted octanol–water partition coefficient (Wildman–Crippen LogP) is -0.470. The van der Waals surface area contributed by atoms with Crippen LogP contribution < -0.4 is 43.9 Å². The van der Waals surface area contributed by atoms with Crippen LogP contribution >= 0.6 is 0 Å².